The molecule has 3 aromatic carbocycles. The van der Waals surface area contributed by atoms with Crippen molar-refractivity contribution in [3.63, 3.8) is 0 Å². The number of aromatic nitrogens is 2. The molecule has 1 amide bonds. The van der Waals surface area contributed by atoms with Crippen LogP contribution in [0, 0.1) is 6.92 Å². The highest BCUT2D eigenvalue weighted by atomic mass is 35.5. The minimum atomic E-state index is -0.0529. The summed E-state index contributed by atoms with van der Waals surface area (Å²) in [6, 6.07) is 24.9. The number of nitrogens with zero attached hydrogens (tertiary/aromatic N) is 3. The predicted octanol–water partition coefficient (Wildman–Crippen LogP) is 6.89. The second-order valence-corrected chi connectivity index (χ2v) is 8.71. The van der Waals surface area contributed by atoms with Crippen LogP contribution in [0.1, 0.15) is 34.8 Å². The number of carbonyl (C=O) groups is 1. The van der Waals surface area contributed by atoms with Crippen molar-refractivity contribution in [1.82, 2.24) is 14.7 Å². The molecule has 34 heavy (non-hydrogen) atoms. The zero-order chi connectivity index (χ0) is 24.1. The molecule has 174 valence electrons. The molecule has 0 radical (unpaired) electrons. The van der Waals surface area contributed by atoms with E-state index in [-0.39, 0.29) is 5.91 Å². The van der Waals surface area contributed by atoms with Gasteiger partial charge in [-0.2, -0.15) is 5.10 Å². The first-order valence-corrected chi connectivity index (χ1v) is 11.7. The molecule has 4 rings (SSSR count). The topological polar surface area (TPSA) is 47.4 Å². The van der Waals surface area contributed by atoms with Crippen molar-refractivity contribution in [2.45, 2.75) is 26.8 Å². The summed E-state index contributed by atoms with van der Waals surface area (Å²) in [5.41, 5.74) is 4.35. The van der Waals surface area contributed by atoms with E-state index in [9.17, 15) is 4.79 Å². The number of hydrogen-bond donors (Lipinski definition) is 0. The Labute approximate surface area is 205 Å². The van der Waals surface area contributed by atoms with Gasteiger partial charge in [-0.05, 0) is 55.3 Å². The smallest absolute Gasteiger partial charge is 0.254 e. The fraction of sp³-hybridized carbons (Fsp3) is 0.214. The second kappa shape index (κ2) is 10.6. The van der Waals surface area contributed by atoms with E-state index in [2.05, 4.69) is 6.92 Å². The Kier molecular flexibility index (Phi) is 7.33. The highest BCUT2D eigenvalue weighted by Crippen LogP contribution is 2.34. The van der Waals surface area contributed by atoms with E-state index in [0.717, 1.165) is 34.6 Å². The maximum Gasteiger partial charge on any atom is 0.254 e. The molecule has 0 aliphatic heterocycles. The Hall–Kier alpha value is -3.57. The summed E-state index contributed by atoms with van der Waals surface area (Å²) in [6.07, 6.45) is 0.828. The van der Waals surface area contributed by atoms with Crippen LogP contribution >= 0.6 is 11.6 Å². The van der Waals surface area contributed by atoms with Gasteiger partial charge in [0.05, 0.1) is 12.1 Å². The van der Waals surface area contributed by atoms with Crippen molar-refractivity contribution in [3.8, 4) is 22.9 Å². The Balaban J connectivity index is 1.76. The molecular formula is C28H28ClN3O2. The fourth-order valence-electron chi connectivity index (χ4n) is 3.93. The van der Waals surface area contributed by atoms with Crippen LogP contribution in [-0.2, 0) is 13.6 Å². The van der Waals surface area contributed by atoms with Crippen LogP contribution in [-0.4, -0.2) is 27.1 Å². The molecule has 0 unspecified atom stereocenters. The summed E-state index contributed by atoms with van der Waals surface area (Å²) < 4.78 is 8.10. The van der Waals surface area contributed by atoms with Crippen molar-refractivity contribution < 1.29 is 9.53 Å². The van der Waals surface area contributed by atoms with Crippen LogP contribution in [0.25, 0.3) is 11.3 Å². The summed E-state index contributed by atoms with van der Waals surface area (Å²) >= 11 is 6.03. The molecule has 0 saturated heterocycles. The van der Waals surface area contributed by atoms with Gasteiger partial charge in [-0.25, -0.2) is 4.68 Å². The van der Waals surface area contributed by atoms with Crippen LogP contribution < -0.4 is 4.74 Å². The molecule has 0 bridgehead atoms. The summed E-state index contributed by atoms with van der Waals surface area (Å²) in [4.78, 5) is 15.3. The number of aryl methyl sites for hydroxylation is 2. The van der Waals surface area contributed by atoms with Gasteiger partial charge in [0.15, 0.2) is 0 Å². The van der Waals surface area contributed by atoms with Crippen molar-refractivity contribution in [2.24, 2.45) is 7.05 Å². The SMILES string of the molecule is CCCN(Cc1c(-c2ccccc2)nn(C)c1Oc1cccc(C)c1)C(=O)c1ccc(Cl)cc1. The van der Waals surface area contributed by atoms with Gasteiger partial charge in [0.1, 0.15) is 11.4 Å². The quantitative estimate of drug-likeness (QED) is 0.280. The van der Waals surface area contributed by atoms with Crippen molar-refractivity contribution >= 4 is 17.5 Å². The number of hydrogen-bond acceptors (Lipinski definition) is 3. The van der Waals surface area contributed by atoms with E-state index in [1.807, 2.05) is 73.5 Å². The predicted molar refractivity (Wildman–Crippen MR) is 136 cm³/mol. The van der Waals surface area contributed by atoms with Crippen LogP contribution in [0.3, 0.4) is 0 Å². The van der Waals surface area contributed by atoms with E-state index in [1.54, 1.807) is 28.9 Å². The molecule has 1 heterocycles. The standard InChI is InChI=1S/C28H28ClN3O2/c1-4-17-32(27(33)22-13-15-23(29)16-14-22)19-25-26(21-10-6-5-7-11-21)30-31(3)28(25)34-24-12-8-9-20(2)18-24/h5-16,18H,4,17,19H2,1-3H3. The van der Waals surface area contributed by atoms with Gasteiger partial charge >= 0.3 is 0 Å². The van der Waals surface area contributed by atoms with Crippen LogP contribution in [0.5, 0.6) is 11.6 Å². The normalized spacial score (nSPS) is 10.8. The Morgan fingerprint density at radius 3 is 2.44 bits per heavy atom. The largest absolute Gasteiger partial charge is 0.439 e. The molecule has 0 atom stereocenters. The Bertz CT molecular complexity index is 1270. The molecule has 0 N–H and O–H groups in total. The zero-order valence-electron chi connectivity index (χ0n) is 19.7. The molecule has 5 nitrogen and oxygen atoms in total. The van der Waals surface area contributed by atoms with Crippen LogP contribution in [0.2, 0.25) is 5.02 Å². The fourth-order valence-corrected chi connectivity index (χ4v) is 4.06. The molecule has 0 aliphatic rings. The third kappa shape index (κ3) is 5.32. The first kappa shape index (κ1) is 23.6. The van der Waals surface area contributed by atoms with E-state index in [4.69, 9.17) is 21.4 Å². The van der Waals surface area contributed by atoms with Gasteiger partial charge in [0.2, 0.25) is 5.88 Å². The van der Waals surface area contributed by atoms with Gasteiger partial charge in [-0.1, -0.05) is 61.0 Å². The Morgan fingerprint density at radius 2 is 1.76 bits per heavy atom. The zero-order valence-corrected chi connectivity index (χ0v) is 20.4. The molecule has 0 fully saturated rings. The lowest BCUT2D eigenvalue weighted by atomic mass is 10.1. The lowest BCUT2D eigenvalue weighted by Crippen LogP contribution is -2.31. The number of benzene rings is 3. The summed E-state index contributed by atoms with van der Waals surface area (Å²) in [7, 11) is 1.87. The summed E-state index contributed by atoms with van der Waals surface area (Å²) in [5, 5.41) is 5.40. The van der Waals surface area contributed by atoms with Gasteiger partial charge < -0.3 is 9.64 Å². The second-order valence-electron chi connectivity index (χ2n) is 8.27. The summed E-state index contributed by atoms with van der Waals surface area (Å²) in [6.45, 7) is 5.07. The van der Waals surface area contributed by atoms with Gasteiger partial charge in [-0.3, -0.25) is 4.79 Å². The maximum absolute atomic E-state index is 13.4. The van der Waals surface area contributed by atoms with Gasteiger partial charge in [0, 0.05) is 29.7 Å². The van der Waals surface area contributed by atoms with Crippen molar-refractivity contribution in [3.05, 3.63) is 101 Å². The molecular weight excluding hydrogens is 446 g/mol. The first-order chi connectivity index (χ1) is 16.5. The first-order valence-electron chi connectivity index (χ1n) is 11.4. The average Bonchev–Trinajstić information content (AvgIpc) is 3.14. The molecule has 0 aliphatic carbocycles. The number of carbonyl (C=O) groups excluding carboxylic acids is 1. The third-order valence-corrected chi connectivity index (χ3v) is 5.81. The third-order valence-electron chi connectivity index (χ3n) is 5.56. The molecule has 4 aromatic rings. The lowest BCUT2D eigenvalue weighted by Gasteiger charge is -2.23. The maximum atomic E-state index is 13.4. The highest BCUT2D eigenvalue weighted by molar-refractivity contribution is 6.30. The van der Waals surface area contributed by atoms with E-state index in [0.29, 0.717) is 29.6 Å². The van der Waals surface area contributed by atoms with Crippen molar-refractivity contribution in [1.29, 1.82) is 0 Å². The van der Waals surface area contributed by atoms with E-state index in [1.165, 1.54) is 0 Å². The number of rotatable bonds is 8. The highest BCUT2D eigenvalue weighted by Gasteiger charge is 2.25. The van der Waals surface area contributed by atoms with Gasteiger partial charge in [-0.15, -0.1) is 0 Å². The van der Waals surface area contributed by atoms with Gasteiger partial charge in [0.25, 0.3) is 5.91 Å². The minimum absolute atomic E-state index is 0.0529. The van der Waals surface area contributed by atoms with Crippen LogP contribution in [0.15, 0.2) is 78.9 Å². The van der Waals surface area contributed by atoms with E-state index >= 15 is 0 Å². The lowest BCUT2D eigenvalue weighted by molar-refractivity contribution is 0.0742. The number of amides is 1. The average molecular weight is 474 g/mol. The molecule has 1 aromatic heterocycles. The molecule has 0 saturated carbocycles. The van der Waals surface area contributed by atoms with E-state index < -0.39 is 0 Å². The Morgan fingerprint density at radius 1 is 1.03 bits per heavy atom. The molecule has 0 spiro atoms. The van der Waals surface area contributed by atoms with Crippen LogP contribution in [0.4, 0.5) is 0 Å². The summed E-state index contributed by atoms with van der Waals surface area (Å²) in [5.74, 6) is 1.30. The van der Waals surface area contributed by atoms with Crippen molar-refractivity contribution in [2.75, 3.05) is 6.54 Å². The monoisotopic (exact) mass is 473 g/mol. The number of ether oxygens (including phenoxy) is 1. The molecule has 6 heteroatoms. The minimum Gasteiger partial charge on any atom is -0.439 e. The number of halogens is 1.